The number of benzene rings is 1. The van der Waals surface area contributed by atoms with Gasteiger partial charge in [-0.3, -0.25) is 4.79 Å². The van der Waals surface area contributed by atoms with E-state index in [2.05, 4.69) is 4.74 Å². The second-order valence-corrected chi connectivity index (χ2v) is 4.40. The molecule has 0 radical (unpaired) electrons. The second-order valence-electron chi connectivity index (χ2n) is 3.21. The lowest BCUT2D eigenvalue weighted by atomic mass is 10.1. The quantitative estimate of drug-likeness (QED) is 0.685. The Morgan fingerprint density at radius 1 is 1.38 bits per heavy atom. The van der Waals surface area contributed by atoms with Crippen LogP contribution in [0.1, 0.15) is 5.56 Å². The number of nitrogens with two attached hydrogens (primary N) is 1. The van der Waals surface area contributed by atoms with Crippen LogP contribution in [0.4, 0.5) is 0 Å². The lowest BCUT2D eigenvalue weighted by Gasteiger charge is -2.10. The number of methoxy groups -OCH3 is 1. The first-order valence-corrected chi connectivity index (χ1v) is 5.56. The number of rotatable bonds is 3. The zero-order valence-electron chi connectivity index (χ0n) is 8.47. The average Bonchev–Trinajstić information content (AvgIpc) is 2.24. The lowest BCUT2D eigenvalue weighted by molar-refractivity contribution is -0.142. The molecule has 3 nitrogen and oxygen atoms in total. The van der Waals surface area contributed by atoms with E-state index in [9.17, 15) is 4.79 Å². The van der Waals surface area contributed by atoms with Crippen molar-refractivity contribution in [2.45, 2.75) is 12.5 Å². The van der Waals surface area contributed by atoms with Crippen LogP contribution in [0.2, 0.25) is 15.1 Å². The highest BCUT2D eigenvalue weighted by atomic mass is 35.5. The van der Waals surface area contributed by atoms with Crippen LogP contribution >= 0.6 is 34.8 Å². The van der Waals surface area contributed by atoms with E-state index in [1.54, 1.807) is 12.1 Å². The molecular formula is C10H10Cl3NO2. The number of carbonyl (C=O) groups excluding carboxylic acids is 1. The lowest BCUT2D eigenvalue weighted by Crippen LogP contribution is -2.33. The molecule has 0 unspecified atom stereocenters. The summed E-state index contributed by atoms with van der Waals surface area (Å²) in [4.78, 5) is 11.1. The standard InChI is InChI=1S/C10H10Cl3NO2/c1-16-10(15)8(14)4-5-2-6(11)9(13)7(12)3-5/h2-3,8H,4,14H2,1H3/t8-/m0/s1. The van der Waals surface area contributed by atoms with Crippen molar-refractivity contribution < 1.29 is 9.53 Å². The molecule has 0 saturated carbocycles. The molecule has 0 amide bonds. The highest BCUT2D eigenvalue weighted by Crippen LogP contribution is 2.31. The topological polar surface area (TPSA) is 52.3 Å². The molecule has 0 bridgehead atoms. The summed E-state index contributed by atoms with van der Waals surface area (Å²) in [5, 5.41) is 0.959. The van der Waals surface area contributed by atoms with E-state index in [-0.39, 0.29) is 0 Å². The Bertz CT molecular complexity index is 386. The Labute approximate surface area is 108 Å². The van der Waals surface area contributed by atoms with Crippen molar-refractivity contribution >= 4 is 40.8 Å². The van der Waals surface area contributed by atoms with Gasteiger partial charge in [-0.15, -0.1) is 0 Å². The van der Waals surface area contributed by atoms with E-state index in [0.29, 0.717) is 21.5 Å². The van der Waals surface area contributed by atoms with Crippen LogP contribution < -0.4 is 5.73 Å². The third-order valence-corrected chi connectivity index (χ3v) is 3.20. The Morgan fingerprint density at radius 3 is 2.31 bits per heavy atom. The van der Waals surface area contributed by atoms with E-state index < -0.39 is 12.0 Å². The van der Waals surface area contributed by atoms with Crippen molar-refractivity contribution in [2.75, 3.05) is 7.11 Å². The monoisotopic (exact) mass is 281 g/mol. The summed E-state index contributed by atoms with van der Waals surface area (Å²) in [6.45, 7) is 0. The van der Waals surface area contributed by atoms with E-state index in [1.165, 1.54) is 7.11 Å². The summed E-state index contributed by atoms with van der Waals surface area (Å²) in [5.41, 5.74) is 6.34. The zero-order chi connectivity index (χ0) is 12.3. The highest BCUT2D eigenvalue weighted by Gasteiger charge is 2.15. The Hall–Kier alpha value is -0.480. The third-order valence-electron chi connectivity index (χ3n) is 2.00. The summed E-state index contributed by atoms with van der Waals surface area (Å²) >= 11 is 17.5. The van der Waals surface area contributed by atoms with Crippen molar-refractivity contribution in [3.05, 3.63) is 32.8 Å². The zero-order valence-corrected chi connectivity index (χ0v) is 10.7. The van der Waals surface area contributed by atoms with Crippen molar-refractivity contribution in [2.24, 2.45) is 5.73 Å². The maximum atomic E-state index is 11.1. The van der Waals surface area contributed by atoms with Crippen LogP contribution in [0.3, 0.4) is 0 Å². The van der Waals surface area contributed by atoms with Gasteiger partial charge < -0.3 is 10.5 Å². The summed E-state index contributed by atoms with van der Waals surface area (Å²) in [6, 6.07) is 2.51. The fraction of sp³-hybridized carbons (Fsp3) is 0.300. The molecule has 1 rings (SSSR count). The number of ether oxygens (including phenoxy) is 1. The first kappa shape index (κ1) is 13.6. The molecule has 0 aliphatic rings. The molecule has 16 heavy (non-hydrogen) atoms. The third kappa shape index (κ3) is 3.25. The maximum Gasteiger partial charge on any atom is 0.322 e. The highest BCUT2D eigenvalue weighted by molar-refractivity contribution is 6.48. The maximum absolute atomic E-state index is 11.1. The molecule has 0 heterocycles. The SMILES string of the molecule is COC(=O)[C@@H](N)Cc1cc(Cl)c(Cl)c(Cl)c1. The number of hydrogen-bond acceptors (Lipinski definition) is 3. The van der Waals surface area contributed by atoms with Gasteiger partial charge in [0.2, 0.25) is 0 Å². The van der Waals surface area contributed by atoms with Gasteiger partial charge in [0.25, 0.3) is 0 Å². The van der Waals surface area contributed by atoms with E-state index in [0.717, 1.165) is 5.56 Å². The molecule has 88 valence electrons. The molecule has 0 aromatic heterocycles. The fourth-order valence-corrected chi connectivity index (χ4v) is 1.86. The van der Waals surface area contributed by atoms with Crippen molar-refractivity contribution in [3.8, 4) is 0 Å². The molecule has 6 heteroatoms. The summed E-state index contributed by atoms with van der Waals surface area (Å²) < 4.78 is 4.51. The number of carbonyl (C=O) groups is 1. The molecule has 1 aromatic rings. The van der Waals surface area contributed by atoms with Gasteiger partial charge in [0, 0.05) is 0 Å². The van der Waals surface area contributed by atoms with E-state index >= 15 is 0 Å². The molecule has 1 aromatic carbocycles. The van der Waals surface area contributed by atoms with Crippen molar-refractivity contribution in [3.63, 3.8) is 0 Å². The van der Waals surface area contributed by atoms with Gasteiger partial charge in [0.05, 0.1) is 22.2 Å². The minimum absolute atomic E-state index is 0.290. The fourth-order valence-electron chi connectivity index (χ4n) is 1.21. The molecular weight excluding hydrogens is 272 g/mol. The Kier molecular flexibility index (Phi) is 4.87. The molecule has 1 atom stereocenters. The van der Waals surface area contributed by atoms with Gasteiger partial charge in [0.1, 0.15) is 6.04 Å². The van der Waals surface area contributed by atoms with Crippen LogP contribution in [-0.2, 0) is 16.0 Å². The predicted molar refractivity (Wildman–Crippen MR) is 65.2 cm³/mol. The summed E-state index contributed by atoms with van der Waals surface area (Å²) in [6.07, 6.45) is 0.295. The Morgan fingerprint density at radius 2 is 1.88 bits per heavy atom. The Balaban J connectivity index is 2.86. The van der Waals surface area contributed by atoms with Crippen LogP contribution in [0.5, 0.6) is 0 Å². The molecule has 0 fully saturated rings. The number of esters is 1. The smallest absolute Gasteiger partial charge is 0.322 e. The van der Waals surface area contributed by atoms with Crippen molar-refractivity contribution in [1.82, 2.24) is 0 Å². The molecule has 0 spiro atoms. The minimum Gasteiger partial charge on any atom is -0.468 e. The normalized spacial score (nSPS) is 12.3. The van der Waals surface area contributed by atoms with E-state index in [1.807, 2.05) is 0 Å². The van der Waals surface area contributed by atoms with Gasteiger partial charge in [-0.2, -0.15) is 0 Å². The first-order valence-electron chi connectivity index (χ1n) is 4.42. The number of hydrogen-bond donors (Lipinski definition) is 1. The van der Waals surface area contributed by atoms with Crippen LogP contribution in [0.15, 0.2) is 12.1 Å². The molecule has 0 saturated heterocycles. The van der Waals surface area contributed by atoms with Crippen LogP contribution in [0, 0.1) is 0 Å². The molecule has 0 aliphatic heterocycles. The summed E-state index contributed by atoms with van der Waals surface area (Å²) in [7, 11) is 1.28. The van der Waals surface area contributed by atoms with E-state index in [4.69, 9.17) is 40.5 Å². The van der Waals surface area contributed by atoms with Gasteiger partial charge in [-0.1, -0.05) is 34.8 Å². The van der Waals surface area contributed by atoms with Crippen molar-refractivity contribution in [1.29, 1.82) is 0 Å². The van der Waals surface area contributed by atoms with Crippen LogP contribution in [0.25, 0.3) is 0 Å². The molecule has 2 N–H and O–H groups in total. The van der Waals surface area contributed by atoms with Gasteiger partial charge in [-0.25, -0.2) is 0 Å². The average molecular weight is 283 g/mol. The van der Waals surface area contributed by atoms with Crippen LogP contribution in [-0.4, -0.2) is 19.1 Å². The minimum atomic E-state index is -0.738. The second kappa shape index (κ2) is 5.73. The van der Waals surface area contributed by atoms with Gasteiger partial charge in [-0.05, 0) is 24.1 Å². The number of halogens is 3. The molecule has 0 aliphatic carbocycles. The largest absolute Gasteiger partial charge is 0.468 e. The first-order chi connectivity index (χ1) is 7.45. The predicted octanol–water partition coefficient (Wildman–Crippen LogP) is 2.69. The summed E-state index contributed by atoms with van der Waals surface area (Å²) in [5.74, 6) is -0.484. The van der Waals surface area contributed by atoms with Gasteiger partial charge >= 0.3 is 5.97 Å². The van der Waals surface area contributed by atoms with Gasteiger partial charge in [0.15, 0.2) is 0 Å².